The Morgan fingerprint density at radius 1 is 0.315 bits per heavy atom. The van der Waals surface area contributed by atoms with Crippen molar-refractivity contribution in [3.8, 4) is 0 Å². The van der Waals surface area contributed by atoms with Gasteiger partial charge in [-0.1, -0.05) is 210 Å². The molecule has 0 N–H and O–H groups in total. The zero-order valence-electron chi connectivity index (χ0n) is 37.9. The van der Waals surface area contributed by atoms with E-state index >= 15 is 0 Å². The summed E-state index contributed by atoms with van der Waals surface area (Å²) in [6, 6.07) is 31.9. The van der Waals surface area contributed by atoms with Crippen molar-refractivity contribution in [3.05, 3.63) is 129 Å². The molecule has 292 valence electrons. The van der Waals surface area contributed by atoms with Crippen LogP contribution in [0.3, 0.4) is 0 Å². The zero-order valence-corrected chi connectivity index (χ0v) is 37.9. The summed E-state index contributed by atoms with van der Waals surface area (Å²) >= 11 is 0. The summed E-state index contributed by atoms with van der Waals surface area (Å²) < 4.78 is 0. The molecule has 0 radical (unpaired) electrons. The summed E-state index contributed by atoms with van der Waals surface area (Å²) in [5.41, 5.74) is 13.5. The molecule has 5 aromatic carbocycles. The van der Waals surface area contributed by atoms with Crippen LogP contribution in [0.1, 0.15) is 182 Å². The Bertz CT molecular complexity index is 1890. The lowest BCUT2D eigenvalue weighted by atomic mass is 9.72. The SMILES string of the molecule is CC(C)(C)c1ccc(C(C)(C)C)c2c1CCCC2.CC(C)(C)c1ccc(C(C)(C)C)c2ccccc12.CC(C)(C)c1ccc2cc(C(C)(C)C)ccc2c1. The van der Waals surface area contributed by atoms with E-state index in [1.165, 1.54) is 69.5 Å². The summed E-state index contributed by atoms with van der Waals surface area (Å²) in [7, 11) is 0. The average molecular weight is 725 g/mol. The number of fused-ring (bicyclic) bond motifs is 3. The van der Waals surface area contributed by atoms with Crippen molar-refractivity contribution in [1.82, 2.24) is 0 Å². The van der Waals surface area contributed by atoms with Gasteiger partial charge in [-0.15, -0.1) is 0 Å². The van der Waals surface area contributed by atoms with Crippen LogP contribution >= 0.6 is 0 Å². The Labute approximate surface area is 332 Å². The smallest absolute Gasteiger partial charge is 0.0126 e. The molecular formula is C54H76. The highest BCUT2D eigenvalue weighted by molar-refractivity contribution is 5.90. The molecule has 0 nitrogen and oxygen atoms in total. The first-order valence-corrected chi connectivity index (χ1v) is 20.8. The molecule has 0 bridgehead atoms. The van der Waals surface area contributed by atoms with Gasteiger partial charge in [-0.3, -0.25) is 0 Å². The van der Waals surface area contributed by atoms with Gasteiger partial charge in [0.05, 0.1) is 0 Å². The van der Waals surface area contributed by atoms with E-state index in [2.05, 4.69) is 210 Å². The molecule has 0 atom stereocenters. The molecule has 5 aromatic rings. The highest BCUT2D eigenvalue weighted by atomic mass is 14.3. The van der Waals surface area contributed by atoms with E-state index in [4.69, 9.17) is 0 Å². The summed E-state index contributed by atoms with van der Waals surface area (Å²) in [4.78, 5) is 0. The summed E-state index contributed by atoms with van der Waals surface area (Å²) in [6.45, 7) is 41.3. The molecule has 0 aliphatic heterocycles. The van der Waals surface area contributed by atoms with Gasteiger partial charge in [0.25, 0.3) is 0 Å². The predicted molar refractivity (Wildman–Crippen MR) is 243 cm³/mol. The van der Waals surface area contributed by atoms with Gasteiger partial charge in [-0.2, -0.15) is 0 Å². The molecule has 0 unspecified atom stereocenters. The lowest BCUT2D eigenvalue weighted by Crippen LogP contribution is -2.23. The highest BCUT2D eigenvalue weighted by Crippen LogP contribution is 2.39. The van der Waals surface area contributed by atoms with Gasteiger partial charge < -0.3 is 0 Å². The van der Waals surface area contributed by atoms with Gasteiger partial charge >= 0.3 is 0 Å². The Balaban J connectivity index is 0.000000180. The van der Waals surface area contributed by atoms with Gasteiger partial charge in [-0.25, -0.2) is 0 Å². The largest absolute Gasteiger partial charge is 0.0616 e. The molecule has 0 saturated heterocycles. The van der Waals surface area contributed by atoms with E-state index < -0.39 is 0 Å². The Morgan fingerprint density at radius 3 is 0.889 bits per heavy atom. The van der Waals surface area contributed by atoms with Crippen molar-refractivity contribution in [2.75, 3.05) is 0 Å². The van der Waals surface area contributed by atoms with Crippen molar-refractivity contribution < 1.29 is 0 Å². The normalized spacial score (nSPS) is 14.2. The van der Waals surface area contributed by atoms with Crippen molar-refractivity contribution in [3.63, 3.8) is 0 Å². The van der Waals surface area contributed by atoms with Crippen LogP contribution < -0.4 is 0 Å². The second-order valence-corrected chi connectivity index (χ2v) is 22.3. The van der Waals surface area contributed by atoms with Crippen LogP contribution in [0.2, 0.25) is 0 Å². The summed E-state index contributed by atoms with van der Waals surface area (Å²) in [5.74, 6) is 0. The predicted octanol–water partition coefficient (Wildman–Crippen LogP) is 16.0. The molecule has 0 amide bonds. The first-order chi connectivity index (χ1) is 24.6. The number of rotatable bonds is 0. The molecule has 54 heavy (non-hydrogen) atoms. The minimum Gasteiger partial charge on any atom is -0.0616 e. The van der Waals surface area contributed by atoms with Crippen molar-refractivity contribution in [2.24, 2.45) is 0 Å². The van der Waals surface area contributed by atoms with Crippen molar-refractivity contribution in [1.29, 1.82) is 0 Å². The van der Waals surface area contributed by atoms with Crippen LogP contribution in [0, 0.1) is 0 Å². The molecule has 1 aliphatic rings. The number of hydrogen-bond donors (Lipinski definition) is 0. The second-order valence-electron chi connectivity index (χ2n) is 22.3. The fourth-order valence-electron chi connectivity index (χ4n) is 8.06. The van der Waals surface area contributed by atoms with E-state index in [1.54, 1.807) is 22.3 Å². The van der Waals surface area contributed by atoms with Crippen molar-refractivity contribution >= 4 is 21.5 Å². The van der Waals surface area contributed by atoms with Gasteiger partial charge in [0.15, 0.2) is 0 Å². The minimum atomic E-state index is 0.190. The van der Waals surface area contributed by atoms with E-state index in [9.17, 15) is 0 Å². The first kappa shape index (κ1) is 43.3. The molecular weight excluding hydrogens is 649 g/mol. The average Bonchev–Trinajstić information content (AvgIpc) is 3.04. The molecule has 0 aromatic heterocycles. The molecule has 0 heterocycles. The van der Waals surface area contributed by atoms with Gasteiger partial charge in [-0.05, 0) is 124 Å². The van der Waals surface area contributed by atoms with E-state index in [-0.39, 0.29) is 32.5 Å². The third-order valence-electron chi connectivity index (χ3n) is 11.3. The van der Waals surface area contributed by atoms with Gasteiger partial charge in [0.2, 0.25) is 0 Å². The second kappa shape index (κ2) is 15.6. The van der Waals surface area contributed by atoms with Crippen LogP contribution in [0.4, 0.5) is 0 Å². The fraction of sp³-hybridized carbons (Fsp3) is 0.519. The monoisotopic (exact) mass is 725 g/mol. The summed E-state index contributed by atoms with van der Waals surface area (Å²) in [6.07, 6.45) is 5.30. The maximum atomic E-state index is 2.39. The van der Waals surface area contributed by atoms with Gasteiger partial charge in [0.1, 0.15) is 0 Å². The summed E-state index contributed by atoms with van der Waals surface area (Å²) in [5, 5.41) is 5.49. The minimum absolute atomic E-state index is 0.190. The zero-order chi connectivity index (χ0) is 40.7. The van der Waals surface area contributed by atoms with Crippen LogP contribution in [0.25, 0.3) is 21.5 Å². The Morgan fingerprint density at radius 2 is 0.611 bits per heavy atom. The topological polar surface area (TPSA) is 0 Å². The molecule has 0 heteroatoms. The molecule has 1 aliphatic carbocycles. The quantitative estimate of drug-likeness (QED) is 0.149. The number of benzene rings is 5. The third kappa shape index (κ3) is 10.5. The van der Waals surface area contributed by atoms with Crippen LogP contribution in [0.5, 0.6) is 0 Å². The van der Waals surface area contributed by atoms with E-state index in [0.717, 1.165) is 0 Å². The van der Waals surface area contributed by atoms with Crippen LogP contribution in [-0.4, -0.2) is 0 Å². The molecule has 0 fully saturated rings. The molecule has 0 saturated carbocycles. The fourth-order valence-corrected chi connectivity index (χ4v) is 8.06. The lowest BCUT2D eigenvalue weighted by molar-refractivity contribution is 0.544. The van der Waals surface area contributed by atoms with E-state index in [1.807, 2.05) is 0 Å². The van der Waals surface area contributed by atoms with Gasteiger partial charge in [0, 0.05) is 0 Å². The standard InChI is InChI=1S/C18H24.C18H28.C18H24/c1-17(2,3)15-9-7-14-12-16(18(4,5)6)10-8-13(14)11-15;2*1-17(2,3)15-11-12-16(18(4,5)6)14-10-8-7-9-13(14)15/h7-12H,1-6H3;11-12H,7-10H2,1-6H3;7-12H,1-6H3. The maximum Gasteiger partial charge on any atom is -0.0126 e. The van der Waals surface area contributed by atoms with Crippen LogP contribution in [-0.2, 0) is 45.3 Å². The lowest BCUT2D eigenvalue weighted by Gasteiger charge is -2.33. The van der Waals surface area contributed by atoms with Crippen molar-refractivity contribution in [2.45, 2.75) is 183 Å². The molecule has 0 spiro atoms. The third-order valence-corrected chi connectivity index (χ3v) is 11.3. The Hall–Kier alpha value is -3.38. The van der Waals surface area contributed by atoms with E-state index in [0.29, 0.717) is 0 Å². The number of hydrogen-bond acceptors (Lipinski definition) is 0. The molecule has 6 rings (SSSR count). The highest BCUT2D eigenvalue weighted by Gasteiger charge is 2.27. The maximum absolute atomic E-state index is 2.39. The van der Waals surface area contributed by atoms with Crippen LogP contribution in [0.15, 0.2) is 84.9 Å². The first-order valence-electron chi connectivity index (χ1n) is 20.8. The Kier molecular flexibility index (Phi) is 12.5.